The van der Waals surface area contributed by atoms with Crippen molar-refractivity contribution in [2.45, 2.75) is 12.3 Å². The summed E-state index contributed by atoms with van der Waals surface area (Å²) < 4.78 is 1.03. The van der Waals surface area contributed by atoms with Gasteiger partial charge in [0.2, 0.25) is 5.91 Å². The van der Waals surface area contributed by atoms with Gasteiger partial charge in [-0.1, -0.05) is 58.4 Å². The van der Waals surface area contributed by atoms with E-state index in [-0.39, 0.29) is 11.8 Å². The quantitative estimate of drug-likeness (QED) is 0.923. The van der Waals surface area contributed by atoms with Gasteiger partial charge in [0.05, 0.1) is 0 Å². The molecule has 0 saturated carbocycles. The summed E-state index contributed by atoms with van der Waals surface area (Å²) >= 11 is 3.41. The molecule has 0 aliphatic heterocycles. The molecule has 0 aliphatic rings. The number of carbonyl (C=O) groups excluding carboxylic acids is 1. The van der Waals surface area contributed by atoms with E-state index in [0.29, 0.717) is 6.42 Å². The van der Waals surface area contributed by atoms with Gasteiger partial charge in [0.25, 0.3) is 0 Å². The van der Waals surface area contributed by atoms with Crippen LogP contribution in [-0.4, -0.2) is 5.91 Å². The van der Waals surface area contributed by atoms with E-state index < -0.39 is 0 Å². The third-order valence-electron chi connectivity index (χ3n) is 2.88. The van der Waals surface area contributed by atoms with Crippen LogP contribution in [0.25, 0.3) is 0 Å². The summed E-state index contributed by atoms with van der Waals surface area (Å²) in [4.78, 5) is 11.2. The first-order chi connectivity index (χ1) is 8.66. The molecule has 2 aromatic rings. The first kappa shape index (κ1) is 12.8. The van der Waals surface area contributed by atoms with Crippen molar-refractivity contribution in [3.8, 4) is 0 Å². The zero-order valence-corrected chi connectivity index (χ0v) is 11.4. The predicted molar refractivity (Wildman–Crippen MR) is 76.2 cm³/mol. The second-order valence-electron chi connectivity index (χ2n) is 4.19. The fourth-order valence-electron chi connectivity index (χ4n) is 2.01. The zero-order chi connectivity index (χ0) is 13.0. The summed E-state index contributed by atoms with van der Waals surface area (Å²) in [6.07, 6.45) is 0.325. The van der Waals surface area contributed by atoms with Crippen LogP contribution in [0.15, 0.2) is 59.1 Å². The van der Waals surface area contributed by atoms with Crippen LogP contribution in [0.3, 0.4) is 0 Å². The van der Waals surface area contributed by atoms with Gasteiger partial charge in [-0.3, -0.25) is 4.79 Å². The van der Waals surface area contributed by atoms with E-state index >= 15 is 0 Å². The lowest BCUT2D eigenvalue weighted by atomic mass is 9.88. The van der Waals surface area contributed by atoms with Crippen LogP contribution in [-0.2, 0) is 4.79 Å². The summed E-state index contributed by atoms with van der Waals surface area (Å²) in [7, 11) is 0. The monoisotopic (exact) mass is 303 g/mol. The number of nitrogens with two attached hydrogens (primary N) is 1. The van der Waals surface area contributed by atoms with E-state index in [1.54, 1.807) is 0 Å². The standard InChI is InChI=1S/C15H14BrNO/c16-13-8-6-12(7-9-13)14(10-15(17)18)11-4-2-1-3-5-11/h1-9,14H,10H2,(H2,17,18). The van der Waals surface area contributed by atoms with Crippen LogP contribution >= 0.6 is 15.9 Å². The van der Waals surface area contributed by atoms with Gasteiger partial charge < -0.3 is 5.73 Å². The van der Waals surface area contributed by atoms with Gasteiger partial charge in [0.15, 0.2) is 0 Å². The van der Waals surface area contributed by atoms with Crippen molar-refractivity contribution in [1.29, 1.82) is 0 Å². The largest absolute Gasteiger partial charge is 0.370 e. The molecule has 0 saturated heterocycles. The Balaban J connectivity index is 2.36. The Kier molecular flexibility index (Phi) is 4.15. The van der Waals surface area contributed by atoms with Gasteiger partial charge in [-0.2, -0.15) is 0 Å². The molecule has 1 unspecified atom stereocenters. The molecule has 18 heavy (non-hydrogen) atoms. The molecule has 0 radical (unpaired) electrons. The molecule has 3 heteroatoms. The minimum atomic E-state index is -0.285. The maximum absolute atomic E-state index is 11.2. The van der Waals surface area contributed by atoms with Crippen molar-refractivity contribution < 1.29 is 4.79 Å². The Hall–Kier alpha value is -1.61. The highest BCUT2D eigenvalue weighted by Crippen LogP contribution is 2.28. The topological polar surface area (TPSA) is 43.1 Å². The summed E-state index contributed by atoms with van der Waals surface area (Å²) in [5.74, 6) is -0.261. The maximum atomic E-state index is 11.2. The van der Waals surface area contributed by atoms with E-state index in [4.69, 9.17) is 5.73 Å². The smallest absolute Gasteiger partial charge is 0.218 e. The molecule has 1 atom stereocenters. The lowest BCUT2D eigenvalue weighted by molar-refractivity contribution is -0.118. The predicted octanol–water partition coefficient (Wildman–Crippen LogP) is 3.46. The summed E-state index contributed by atoms with van der Waals surface area (Å²) in [6, 6.07) is 18.0. The molecule has 2 aromatic carbocycles. The second-order valence-corrected chi connectivity index (χ2v) is 5.10. The van der Waals surface area contributed by atoms with Gasteiger partial charge in [-0.05, 0) is 23.3 Å². The number of halogens is 1. The number of amides is 1. The number of hydrogen-bond donors (Lipinski definition) is 1. The Morgan fingerprint density at radius 1 is 1.00 bits per heavy atom. The number of benzene rings is 2. The molecule has 0 aliphatic carbocycles. The number of carbonyl (C=O) groups is 1. The normalized spacial score (nSPS) is 12.1. The highest BCUT2D eigenvalue weighted by molar-refractivity contribution is 9.10. The van der Waals surface area contributed by atoms with Gasteiger partial charge >= 0.3 is 0 Å². The molecule has 0 spiro atoms. The van der Waals surface area contributed by atoms with Crippen LogP contribution < -0.4 is 5.73 Å². The van der Waals surface area contributed by atoms with Crippen molar-refractivity contribution in [3.05, 3.63) is 70.2 Å². The van der Waals surface area contributed by atoms with E-state index in [1.165, 1.54) is 0 Å². The molecule has 2 nitrogen and oxygen atoms in total. The van der Waals surface area contributed by atoms with Crippen molar-refractivity contribution >= 4 is 21.8 Å². The summed E-state index contributed by atoms with van der Waals surface area (Å²) in [5.41, 5.74) is 7.56. The molecular weight excluding hydrogens is 290 g/mol. The van der Waals surface area contributed by atoms with Gasteiger partial charge in [-0.25, -0.2) is 0 Å². The highest BCUT2D eigenvalue weighted by atomic mass is 79.9. The number of rotatable bonds is 4. The van der Waals surface area contributed by atoms with Crippen LogP contribution in [0.2, 0.25) is 0 Å². The van der Waals surface area contributed by atoms with Gasteiger partial charge in [0.1, 0.15) is 0 Å². The molecular formula is C15H14BrNO. The van der Waals surface area contributed by atoms with E-state index in [0.717, 1.165) is 15.6 Å². The van der Waals surface area contributed by atoms with Crippen molar-refractivity contribution in [2.75, 3.05) is 0 Å². The lowest BCUT2D eigenvalue weighted by Gasteiger charge is -2.16. The van der Waals surface area contributed by atoms with E-state index in [2.05, 4.69) is 15.9 Å². The van der Waals surface area contributed by atoms with Crippen molar-refractivity contribution in [1.82, 2.24) is 0 Å². The van der Waals surface area contributed by atoms with Crippen LogP contribution in [0.1, 0.15) is 23.5 Å². The highest BCUT2D eigenvalue weighted by Gasteiger charge is 2.16. The maximum Gasteiger partial charge on any atom is 0.218 e. The minimum absolute atomic E-state index is 0.0248. The molecule has 0 fully saturated rings. The first-order valence-corrected chi connectivity index (χ1v) is 6.55. The van der Waals surface area contributed by atoms with E-state index in [1.807, 2.05) is 54.6 Å². The molecule has 1 amide bonds. The molecule has 0 aromatic heterocycles. The molecule has 92 valence electrons. The Bertz CT molecular complexity index is 522. The number of primary amides is 1. The number of hydrogen-bond acceptors (Lipinski definition) is 1. The van der Waals surface area contributed by atoms with Crippen LogP contribution in [0, 0.1) is 0 Å². The average molecular weight is 304 g/mol. The van der Waals surface area contributed by atoms with Crippen molar-refractivity contribution in [2.24, 2.45) is 5.73 Å². The fourth-order valence-corrected chi connectivity index (χ4v) is 2.27. The third kappa shape index (κ3) is 3.20. The molecule has 0 heterocycles. The Morgan fingerprint density at radius 3 is 2.11 bits per heavy atom. The molecule has 2 N–H and O–H groups in total. The SMILES string of the molecule is NC(=O)CC(c1ccccc1)c1ccc(Br)cc1. The lowest BCUT2D eigenvalue weighted by Crippen LogP contribution is -2.16. The van der Waals surface area contributed by atoms with Crippen LogP contribution in [0.4, 0.5) is 0 Å². The zero-order valence-electron chi connectivity index (χ0n) is 9.84. The molecule has 2 rings (SSSR count). The minimum Gasteiger partial charge on any atom is -0.370 e. The third-order valence-corrected chi connectivity index (χ3v) is 3.41. The second kappa shape index (κ2) is 5.83. The average Bonchev–Trinajstić information content (AvgIpc) is 2.38. The van der Waals surface area contributed by atoms with E-state index in [9.17, 15) is 4.79 Å². The fraction of sp³-hybridized carbons (Fsp3) is 0.133. The Labute approximate surface area is 115 Å². The van der Waals surface area contributed by atoms with Gasteiger partial charge in [0, 0.05) is 16.8 Å². The first-order valence-electron chi connectivity index (χ1n) is 5.75. The summed E-state index contributed by atoms with van der Waals surface area (Å²) in [6.45, 7) is 0. The molecule has 0 bridgehead atoms. The van der Waals surface area contributed by atoms with Crippen molar-refractivity contribution in [3.63, 3.8) is 0 Å². The van der Waals surface area contributed by atoms with Crippen LogP contribution in [0.5, 0.6) is 0 Å². The summed E-state index contributed by atoms with van der Waals surface area (Å²) in [5, 5.41) is 0. The van der Waals surface area contributed by atoms with Gasteiger partial charge in [-0.15, -0.1) is 0 Å². The Morgan fingerprint density at radius 2 is 1.56 bits per heavy atom.